The van der Waals surface area contributed by atoms with Crippen LogP contribution in [0.25, 0.3) is 0 Å². The number of ether oxygens (including phenoxy) is 2. The van der Waals surface area contributed by atoms with Gasteiger partial charge in [-0.15, -0.1) is 0 Å². The number of allylic oxidation sites excluding steroid dienone is 6. The Bertz CT molecular complexity index is 485. The van der Waals surface area contributed by atoms with Crippen LogP contribution in [0.4, 0.5) is 0 Å². The minimum Gasteiger partial charge on any atom is -0.462 e. The van der Waals surface area contributed by atoms with Gasteiger partial charge in [0, 0.05) is 6.42 Å². The van der Waals surface area contributed by atoms with Crippen molar-refractivity contribution in [3.05, 3.63) is 36.5 Å². The molecular weight excluding hydrogens is 392 g/mol. The van der Waals surface area contributed by atoms with E-state index in [0.29, 0.717) is 6.42 Å². The maximum atomic E-state index is 11.5. The highest BCUT2D eigenvalue weighted by Gasteiger charge is 2.10. The summed E-state index contributed by atoms with van der Waals surface area (Å²) in [5.74, 6) is -0.778. The van der Waals surface area contributed by atoms with Crippen molar-refractivity contribution in [2.75, 3.05) is 13.2 Å². The predicted octanol–water partition coefficient (Wildman–Crippen LogP) is 5.85. The summed E-state index contributed by atoms with van der Waals surface area (Å²) in [5, 5.41) is 0. The Morgan fingerprint density at radius 2 is 1.36 bits per heavy atom. The lowest BCUT2D eigenvalue weighted by atomic mass is 10.1. The van der Waals surface area contributed by atoms with Gasteiger partial charge in [0.25, 0.3) is 0 Å². The van der Waals surface area contributed by atoms with Crippen molar-refractivity contribution in [3.63, 3.8) is 0 Å². The number of carbonyl (C=O) groups is 2. The summed E-state index contributed by atoms with van der Waals surface area (Å²) in [6.07, 6.45) is 23.3. The molecule has 0 heterocycles. The second-order valence-electron chi connectivity index (χ2n) is 6.36. The lowest BCUT2D eigenvalue weighted by Gasteiger charge is -2.07. The van der Waals surface area contributed by atoms with Gasteiger partial charge < -0.3 is 9.47 Å². The summed E-state index contributed by atoms with van der Waals surface area (Å²) in [7, 11) is 0. The van der Waals surface area contributed by atoms with Crippen molar-refractivity contribution in [2.24, 2.45) is 0 Å². The molecule has 0 aliphatic carbocycles. The van der Waals surface area contributed by atoms with Gasteiger partial charge in [-0.25, -0.2) is 4.79 Å². The molecule has 0 aliphatic heterocycles. The first kappa shape index (κ1) is 26.9. The Kier molecular flexibility index (Phi) is 19.8. The normalized spacial score (nSPS) is 11.9. The number of thiol groups is 2. The maximum absolute atomic E-state index is 11.5. The van der Waals surface area contributed by atoms with Gasteiger partial charge in [-0.2, -0.15) is 25.3 Å². The Balaban J connectivity index is 3.38. The second kappa shape index (κ2) is 20.6. The molecule has 0 N–H and O–H groups in total. The Hall–Kier alpha value is -1.14. The number of hydrogen-bond acceptors (Lipinski definition) is 6. The molecule has 0 saturated heterocycles. The van der Waals surface area contributed by atoms with Crippen molar-refractivity contribution >= 4 is 37.2 Å². The monoisotopic (exact) mass is 428 g/mol. The molecule has 0 fully saturated rings. The lowest BCUT2D eigenvalue weighted by Crippen LogP contribution is -2.17. The summed E-state index contributed by atoms with van der Waals surface area (Å²) >= 11 is 7.66. The van der Waals surface area contributed by atoms with E-state index in [2.05, 4.69) is 68.6 Å². The van der Waals surface area contributed by atoms with Gasteiger partial charge in [0.2, 0.25) is 0 Å². The largest absolute Gasteiger partial charge is 0.462 e. The second-order valence-corrected chi connectivity index (χ2v) is 7.80. The number of carbonyl (C=O) groups excluding carboxylic acids is 2. The van der Waals surface area contributed by atoms with Gasteiger partial charge >= 0.3 is 11.9 Å². The molecule has 0 aromatic carbocycles. The Morgan fingerprint density at radius 1 is 0.786 bits per heavy atom. The average molecular weight is 429 g/mol. The van der Waals surface area contributed by atoms with E-state index in [0.717, 1.165) is 44.9 Å². The molecule has 28 heavy (non-hydrogen) atoms. The van der Waals surface area contributed by atoms with E-state index in [4.69, 9.17) is 9.47 Å². The molecule has 6 heteroatoms. The Morgan fingerprint density at radius 3 is 2.04 bits per heavy atom. The smallest absolute Gasteiger partial charge is 0.328 e. The molecule has 0 bridgehead atoms. The standard InChI is InChI=1S/C22H36O4S2/c1-2-3-4-5-6-7-8-9-10-11-12-13-14-15-16-17-20(23)25-18-19-26-21(24)22(27)28/h3-4,6-7,9-10,22,27-28H,2,5,8,11-19H2,1H3/b4-3-,7-6-,10-9-. The zero-order chi connectivity index (χ0) is 20.9. The molecular formula is C22H36O4S2. The van der Waals surface area contributed by atoms with E-state index in [1.165, 1.54) is 12.8 Å². The van der Waals surface area contributed by atoms with Gasteiger partial charge in [0.1, 0.15) is 17.8 Å². The molecule has 0 amide bonds. The fourth-order valence-electron chi connectivity index (χ4n) is 2.33. The third-order valence-electron chi connectivity index (χ3n) is 3.83. The highest BCUT2D eigenvalue weighted by Crippen LogP contribution is 2.08. The number of unbranched alkanes of at least 4 members (excludes halogenated alkanes) is 5. The summed E-state index contributed by atoms with van der Waals surface area (Å²) < 4.78 is 9.05. The SMILES string of the molecule is CC/C=C\C/C=C\C/C=C\CCCCCCCC(=O)OCCOC(=O)C(S)S. The Labute approximate surface area is 181 Å². The molecule has 0 radical (unpaired) electrons. The third-order valence-corrected chi connectivity index (χ3v) is 4.25. The van der Waals surface area contributed by atoms with Gasteiger partial charge in [-0.05, 0) is 38.5 Å². The fraction of sp³-hybridized carbons (Fsp3) is 0.636. The van der Waals surface area contributed by atoms with E-state index in [1.807, 2.05) is 0 Å². The van der Waals surface area contributed by atoms with Crippen molar-refractivity contribution in [1.82, 2.24) is 0 Å². The first-order chi connectivity index (χ1) is 13.6. The fourth-order valence-corrected chi connectivity index (χ4v) is 2.48. The zero-order valence-electron chi connectivity index (χ0n) is 17.1. The molecule has 0 rings (SSSR count). The first-order valence-corrected chi connectivity index (χ1v) is 11.2. The van der Waals surface area contributed by atoms with Crippen LogP contribution in [0.1, 0.15) is 71.1 Å². The number of esters is 2. The highest BCUT2D eigenvalue weighted by atomic mass is 32.2. The molecule has 0 spiro atoms. The van der Waals surface area contributed by atoms with Gasteiger partial charge in [-0.3, -0.25) is 4.79 Å². The molecule has 0 atom stereocenters. The van der Waals surface area contributed by atoms with Crippen LogP contribution in [-0.4, -0.2) is 29.7 Å². The highest BCUT2D eigenvalue weighted by molar-refractivity contribution is 8.00. The molecule has 0 saturated carbocycles. The van der Waals surface area contributed by atoms with E-state index in [-0.39, 0.29) is 19.2 Å². The molecule has 0 aromatic heterocycles. The van der Waals surface area contributed by atoms with Crippen LogP contribution in [-0.2, 0) is 19.1 Å². The minimum atomic E-state index is -0.763. The van der Waals surface area contributed by atoms with Crippen LogP contribution in [0, 0.1) is 0 Å². The van der Waals surface area contributed by atoms with E-state index in [9.17, 15) is 9.59 Å². The molecule has 4 nitrogen and oxygen atoms in total. The van der Waals surface area contributed by atoms with Gasteiger partial charge in [0.05, 0.1) is 0 Å². The van der Waals surface area contributed by atoms with E-state index < -0.39 is 10.6 Å². The molecule has 0 unspecified atom stereocenters. The minimum absolute atomic E-state index is 0.0431. The predicted molar refractivity (Wildman–Crippen MR) is 123 cm³/mol. The van der Waals surface area contributed by atoms with Crippen LogP contribution >= 0.6 is 25.3 Å². The van der Waals surface area contributed by atoms with Crippen LogP contribution in [0.3, 0.4) is 0 Å². The average Bonchev–Trinajstić information content (AvgIpc) is 2.68. The van der Waals surface area contributed by atoms with Gasteiger partial charge in [-0.1, -0.05) is 62.6 Å². The van der Waals surface area contributed by atoms with Crippen molar-refractivity contribution in [2.45, 2.75) is 75.7 Å². The van der Waals surface area contributed by atoms with E-state index in [1.54, 1.807) is 0 Å². The zero-order valence-corrected chi connectivity index (χ0v) is 18.8. The van der Waals surface area contributed by atoms with Crippen molar-refractivity contribution in [3.8, 4) is 0 Å². The van der Waals surface area contributed by atoms with E-state index >= 15 is 0 Å². The molecule has 0 aromatic rings. The molecule has 160 valence electrons. The van der Waals surface area contributed by atoms with Crippen molar-refractivity contribution in [1.29, 1.82) is 0 Å². The topological polar surface area (TPSA) is 52.6 Å². The maximum Gasteiger partial charge on any atom is 0.328 e. The first-order valence-electron chi connectivity index (χ1n) is 10.2. The summed E-state index contributed by atoms with van der Waals surface area (Å²) in [6, 6.07) is 0. The summed E-state index contributed by atoms with van der Waals surface area (Å²) in [5.41, 5.74) is 0. The number of rotatable bonds is 17. The molecule has 0 aliphatic rings. The third kappa shape index (κ3) is 19.6. The summed E-state index contributed by atoms with van der Waals surface area (Å²) in [4.78, 5) is 22.6. The van der Waals surface area contributed by atoms with Gasteiger partial charge in [0.15, 0.2) is 0 Å². The van der Waals surface area contributed by atoms with Crippen LogP contribution in [0.15, 0.2) is 36.5 Å². The number of hydrogen-bond donors (Lipinski definition) is 2. The van der Waals surface area contributed by atoms with Crippen molar-refractivity contribution < 1.29 is 19.1 Å². The van der Waals surface area contributed by atoms with Crippen LogP contribution in [0.2, 0.25) is 0 Å². The van der Waals surface area contributed by atoms with Crippen LogP contribution < -0.4 is 0 Å². The summed E-state index contributed by atoms with van der Waals surface area (Å²) in [6.45, 7) is 2.27. The quantitative estimate of drug-likeness (QED) is 0.100. The van der Waals surface area contributed by atoms with Crippen LogP contribution in [0.5, 0.6) is 0 Å². The lowest BCUT2D eigenvalue weighted by molar-refractivity contribution is -0.151.